The van der Waals surface area contributed by atoms with E-state index in [2.05, 4.69) is 10.3 Å². The van der Waals surface area contributed by atoms with Crippen LogP contribution in [0.3, 0.4) is 0 Å². The molecule has 1 aromatic heterocycles. The topological polar surface area (TPSA) is 83.9 Å². The molecule has 1 aliphatic heterocycles. The number of pyridine rings is 1. The molecule has 2 N–H and O–H groups in total. The molecule has 0 unspecified atom stereocenters. The van der Waals surface area contributed by atoms with Crippen molar-refractivity contribution in [1.82, 2.24) is 15.2 Å². The first-order chi connectivity index (χ1) is 13.6. The summed E-state index contributed by atoms with van der Waals surface area (Å²) in [6, 6.07) is 9.49. The lowest BCUT2D eigenvalue weighted by Gasteiger charge is -2.16. The van der Waals surface area contributed by atoms with Crippen molar-refractivity contribution >= 4 is 5.91 Å². The van der Waals surface area contributed by atoms with E-state index >= 15 is 0 Å². The Morgan fingerprint density at radius 3 is 2.61 bits per heavy atom. The third kappa shape index (κ3) is 5.21. The first-order valence-corrected chi connectivity index (χ1v) is 9.36. The fourth-order valence-electron chi connectivity index (χ4n) is 3.54. The molecule has 7 nitrogen and oxygen atoms in total. The molecule has 0 saturated carbocycles. The molecule has 2 atom stereocenters. The highest BCUT2D eigenvalue weighted by Gasteiger charge is 2.32. The van der Waals surface area contributed by atoms with Crippen molar-refractivity contribution in [3.63, 3.8) is 0 Å². The number of nitrogens with one attached hydrogen (secondary N) is 1. The van der Waals surface area contributed by atoms with Crippen LogP contribution in [0, 0.1) is 5.92 Å². The molecule has 0 aliphatic carbocycles. The predicted octanol–water partition coefficient (Wildman–Crippen LogP) is 1.25. The van der Waals surface area contributed by atoms with E-state index in [0.29, 0.717) is 31.1 Å². The Balaban J connectivity index is 1.47. The van der Waals surface area contributed by atoms with Crippen molar-refractivity contribution in [2.24, 2.45) is 5.92 Å². The summed E-state index contributed by atoms with van der Waals surface area (Å²) in [5.41, 5.74) is 2.09. The number of carbonyl (C=O) groups is 1. The molecule has 2 aromatic rings. The van der Waals surface area contributed by atoms with E-state index in [4.69, 9.17) is 9.47 Å². The summed E-state index contributed by atoms with van der Waals surface area (Å²) in [5, 5.41) is 13.3. The van der Waals surface area contributed by atoms with Crippen LogP contribution in [0.25, 0.3) is 0 Å². The second-order valence-corrected chi connectivity index (χ2v) is 7.05. The van der Waals surface area contributed by atoms with Gasteiger partial charge in [0.25, 0.3) is 0 Å². The van der Waals surface area contributed by atoms with Crippen molar-refractivity contribution in [3.8, 4) is 11.5 Å². The van der Waals surface area contributed by atoms with Crippen LogP contribution in [-0.4, -0.2) is 60.9 Å². The van der Waals surface area contributed by atoms with Crippen molar-refractivity contribution < 1.29 is 19.4 Å². The van der Waals surface area contributed by atoms with Crippen LogP contribution in [0.2, 0.25) is 0 Å². The molecule has 2 heterocycles. The van der Waals surface area contributed by atoms with Crippen LogP contribution in [0.15, 0.2) is 42.7 Å². The molecular formula is C21H27N3O4. The average Bonchev–Trinajstić information content (AvgIpc) is 3.05. The number of amides is 1. The summed E-state index contributed by atoms with van der Waals surface area (Å²) < 4.78 is 10.5. The first-order valence-electron chi connectivity index (χ1n) is 9.36. The van der Waals surface area contributed by atoms with Gasteiger partial charge in [-0.3, -0.25) is 14.7 Å². The maximum atomic E-state index is 12.3. The lowest BCUT2D eigenvalue weighted by Crippen LogP contribution is -2.36. The summed E-state index contributed by atoms with van der Waals surface area (Å²) in [6.07, 6.45) is 3.88. The molecule has 7 heteroatoms. The van der Waals surface area contributed by atoms with E-state index in [-0.39, 0.29) is 18.4 Å². The zero-order valence-corrected chi connectivity index (χ0v) is 16.3. The van der Waals surface area contributed by atoms with Crippen LogP contribution in [-0.2, 0) is 17.8 Å². The lowest BCUT2D eigenvalue weighted by atomic mass is 9.97. The fraction of sp³-hybridized carbons (Fsp3) is 0.429. The van der Waals surface area contributed by atoms with Gasteiger partial charge < -0.3 is 19.9 Å². The third-order valence-corrected chi connectivity index (χ3v) is 5.03. The van der Waals surface area contributed by atoms with E-state index in [1.807, 2.05) is 35.2 Å². The summed E-state index contributed by atoms with van der Waals surface area (Å²) in [7, 11) is 3.17. The van der Waals surface area contributed by atoms with Gasteiger partial charge in [0.2, 0.25) is 5.91 Å². The van der Waals surface area contributed by atoms with E-state index < -0.39 is 6.10 Å². The standard InChI is InChI=1S/C21H27N3O4/c1-27-19-4-3-16(10-20(19)28-2)11-23-21(26)14-24-12-17(18(25)13-24)9-15-5-7-22-8-6-15/h3-8,10,17-18,25H,9,11-14H2,1-2H3,(H,23,26)/t17-,18-/m1/s1. The van der Waals surface area contributed by atoms with Gasteiger partial charge in [0.05, 0.1) is 26.9 Å². The van der Waals surface area contributed by atoms with Crippen molar-refractivity contribution in [3.05, 3.63) is 53.9 Å². The van der Waals surface area contributed by atoms with Gasteiger partial charge in [0.15, 0.2) is 11.5 Å². The molecule has 1 fully saturated rings. The SMILES string of the molecule is COc1ccc(CNC(=O)CN2C[C@@H](Cc3ccncc3)[C@H](O)C2)cc1OC. The quantitative estimate of drug-likeness (QED) is 0.712. The van der Waals surface area contributed by atoms with E-state index in [1.54, 1.807) is 26.6 Å². The van der Waals surface area contributed by atoms with Crippen molar-refractivity contribution in [2.75, 3.05) is 33.9 Å². The van der Waals surface area contributed by atoms with Crippen molar-refractivity contribution in [1.29, 1.82) is 0 Å². The highest BCUT2D eigenvalue weighted by molar-refractivity contribution is 5.78. The molecule has 1 aromatic carbocycles. The number of β-amino-alcohol motifs (C(OH)–C–C–N with tert-alkyl or cyclic N) is 1. The maximum absolute atomic E-state index is 12.3. The van der Waals surface area contributed by atoms with Crippen LogP contribution < -0.4 is 14.8 Å². The molecule has 0 radical (unpaired) electrons. The van der Waals surface area contributed by atoms with Gasteiger partial charge in [-0.1, -0.05) is 6.07 Å². The number of ether oxygens (including phenoxy) is 2. The van der Waals surface area contributed by atoms with Gasteiger partial charge in [0, 0.05) is 37.9 Å². The Morgan fingerprint density at radius 1 is 1.14 bits per heavy atom. The Labute approximate surface area is 165 Å². The molecule has 150 valence electrons. The molecule has 1 saturated heterocycles. The number of aliphatic hydroxyl groups is 1. The fourth-order valence-corrected chi connectivity index (χ4v) is 3.54. The normalized spacial score (nSPS) is 19.4. The number of carbonyl (C=O) groups excluding carboxylic acids is 1. The minimum atomic E-state index is -0.424. The molecule has 0 bridgehead atoms. The zero-order chi connectivity index (χ0) is 19.9. The second-order valence-electron chi connectivity index (χ2n) is 7.05. The van der Waals surface area contributed by atoms with Gasteiger partial charge in [0.1, 0.15) is 0 Å². The van der Waals surface area contributed by atoms with Crippen LogP contribution >= 0.6 is 0 Å². The summed E-state index contributed by atoms with van der Waals surface area (Å²) in [6.45, 7) is 1.90. The van der Waals surface area contributed by atoms with Gasteiger partial charge in [-0.05, 0) is 41.8 Å². The highest BCUT2D eigenvalue weighted by Crippen LogP contribution is 2.27. The van der Waals surface area contributed by atoms with E-state index in [0.717, 1.165) is 17.5 Å². The molecule has 28 heavy (non-hydrogen) atoms. The second kappa shape index (κ2) is 9.52. The molecular weight excluding hydrogens is 358 g/mol. The maximum Gasteiger partial charge on any atom is 0.234 e. The summed E-state index contributed by atoms with van der Waals surface area (Å²) in [4.78, 5) is 18.3. The molecule has 1 aliphatic rings. The number of hydrogen-bond donors (Lipinski definition) is 2. The Hall–Kier alpha value is -2.64. The number of benzene rings is 1. The molecule has 1 amide bonds. The van der Waals surface area contributed by atoms with Crippen LogP contribution in [0.5, 0.6) is 11.5 Å². The molecule has 3 rings (SSSR count). The highest BCUT2D eigenvalue weighted by atomic mass is 16.5. The lowest BCUT2D eigenvalue weighted by molar-refractivity contribution is -0.122. The average molecular weight is 385 g/mol. The minimum Gasteiger partial charge on any atom is -0.493 e. The Kier molecular flexibility index (Phi) is 6.84. The Morgan fingerprint density at radius 2 is 1.89 bits per heavy atom. The number of likely N-dealkylation sites (tertiary alicyclic amines) is 1. The number of aromatic nitrogens is 1. The number of methoxy groups -OCH3 is 2. The number of hydrogen-bond acceptors (Lipinski definition) is 6. The Bertz CT molecular complexity index is 784. The number of rotatable bonds is 8. The van der Waals surface area contributed by atoms with Crippen LogP contribution in [0.1, 0.15) is 11.1 Å². The third-order valence-electron chi connectivity index (χ3n) is 5.03. The van der Waals surface area contributed by atoms with Gasteiger partial charge in [-0.2, -0.15) is 0 Å². The summed E-state index contributed by atoms with van der Waals surface area (Å²) >= 11 is 0. The van der Waals surface area contributed by atoms with Gasteiger partial charge >= 0.3 is 0 Å². The number of aliphatic hydroxyl groups excluding tert-OH is 1. The van der Waals surface area contributed by atoms with Gasteiger partial charge in [-0.25, -0.2) is 0 Å². The summed E-state index contributed by atoms with van der Waals surface area (Å²) in [5.74, 6) is 1.35. The monoisotopic (exact) mass is 385 g/mol. The number of nitrogens with zero attached hydrogens (tertiary/aromatic N) is 2. The van der Waals surface area contributed by atoms with Crippen LogP contribution in [0.4, 0.5) is 0 Å². The first kappa shape index (κ1) is 20.1. The zero-order valence-electron chi connectivity index (χ0n) is 16.3. The predicted molar refractivity (Wildman–Crippen MR) is 105 cm³/mol. The molecule has 0 spiro atoms. The minimum absolute atomic E-state index is 0.0634. The van der Waals surface area contributed by atoms with E-state index in [9.17, 15) is 9.90 Å². The van der Waals surface area contributed by atoms with Crippen molar-refractivity contribution in [2.45, 2.75) is 19.1 Å². The van der Waals surface area contributed by atoms with E-state index in [1.165, 1.54) is 0 Å². The smallest absolute Gasteiger partial charge is 0.234 e. The largest absolute Gasteiger partial charge is 0.493 e. The van der Waals surface area contributed by atoms with Gasteiger partial charge in [-0.15, -0.1) is 0 Å².